The van der Waals surface area contributed by atoms with Crippen LogP contribution in [0.1, 0.15) is 31.4 Å². The van der Waals surface area contributed by atoms with E-state index in [2.05, 4.69) is 25.9 Å². The van der Waals surface area contributed by atoms with Crippen molar-refractivity contribution in [3.63, 3.8) is 0 Å². The van der Waals surface area contributed by atoms with Gasteiger partial charge in [0.2, 0.25) is 0 Å². The van der Waals surface area contributed by atoms with Crippen molar-refractivity contribution in [2.24, 2.45) is 4.99 Å². The molecule has 2 fully saturated rings. The average Bonchev–Trinajstić information content (AvgIpc) is 3.26. The highest BCUT2D eigenvalue weighted by molar-refractivity contribution is 7.99. The Balaban J connectivity index is 1.40. The Morgan fingerprint density at radius 3 is 3.00 bits per heavy atom. The summed E-state index contributed by atoms with van der Waals surface area (Å²) < 4.78 is 0. The maximum absolute atomic E-state index is 4.77. The summed E-state index contributed by atoms with van der Waals surface area (Å²) >= 11 is 3.81. The van der Waals surface area contributed by atoms with Gasteiger partial charge in [0, 0.05) is 50.3 Å². The van der Waals surface area contributed by atoms with Gasteiger partial charge in [-0.2, -0.15) is 11.8 Å². The summed E-state index contributed by atoms with van der Waals surface area (Å²) in [4.78, 5) is 11.5. The van der Waals surface area contributed by atoms with E-state index in [0.717, 1.165) is 18.9 Å². The molecule has 2 aliphatic heterocycles. The SMILES string of the molecule is CN=C(NCCc1csc(N2CCCC2)n1)NC1CCCSC1. The van der Waals surface area contributed by atoms with E-state index in [9.17, 15) is 0 Å². The van der Waals surface area contributed by atoms with Crippen molar-refractivity contribution >= 4 is 34.2 Å². The van der Waals surface area contributed by atoms with Crippen LogP contribution in [0.4, 0.5) is 5.13 Å². The van der Waals surface area contributed by atoms with Crippen molar-refractivity contribution in [1.82, 2.24) is 15.6 Å². The molecule has 0 bridgehead atoms. The predicted molar refractivity (Wildman–Crippen MR) is 102 cm³/mol. The van der Waals surface area contributed by atoms with Gasteiger partial charge in [0.25, 0.3) is 0 Å². The molecule has 2 N–H and O–H groups in total. The van der Waals surface area contributed by atoms with E-state index in [1.165, 1.54) is 61.1 Å². The minimum Gasteiger partial charge on any atom is -0.356 e. The molecule has 0 aromatic carbocycles. The predicted octanol–water partition coefficient (Wildman–Crippen LogP) is 2.35. The fraction of sp³-hybridized carbons (Fsp3) is 0.750. The van der Waals surface area contributed by atoms with Crippen molar-refractivity contribution in [3.05, 3.63) is 11.1 Å². The second-order valence-corrected chi connectivity index (χ2v) is 8.11. The van der Waals surface area contributed by atoms with Crippen LogP contribution in [0.25, 0.3) is 0 Å². The average molecular weight is 354 g/mol. The number of anilines is 1. The second kappa shape index (κ2) is 8.78. The van der Waals surface area contributed by atoms with Crippen LogP contribution in [0, 0.1) is 0 Å². The zero-order valence-corrected chi connectivity index (χ0v) is 15.5. The number of thiazole rings is 1. The number of rotatable bonds is 5. The highest BCUT2D eigenvalue weighted by atomic mass is 32.2. The highest BCUT2D eigenvalue weighted by Gasteiger charge is 2.16. The van der Waals surface area contributed by atoms with E-state index < -0.39 is 0 Å². The first-order valence-corrected chi connectivity index (χ1v) is 10.6. The third-order valence-corrected chi connectivity index (χ3v) is 6.48. The van der Waals surface area contributed by atoms with Crippen molar-refractivity contribution < 1.29 is 0 Å². The maximum Gasteiger partial charge on any atom is 0.191 e. The number of thioether (sulfide) groups is 1. The summed E-state index contributed by atoms with van der Waals surface area (Å²) in [6, 6.07) is 0.556. The van der Waals surface area contributed by atoms with E-state index in [0.29, 0.717) is 6.04 Å². The summed E-state index contributed by atoms with van der Waals surface area (Å²) in [5, 5.41) is 10.3. The Morgan fingerprint density at radius 2 is 2.26 bits per heavy atom. The normalized spacial score (nSPS) is 22.4. The summed E-state index contributed by atoms with van der Waals surface area (Å²) in [6.07, 6.45) is 6.11. The number of nitrogens with zero attached hydrogens (tertiary/aromatic N) is 3. The van der Waals surface area contributed by atoms with E-state index in [1.54, 1.807) is 11.3 Å². The molecule has 1 unspecified atom stereocenters. The van der Waals surface area contributed by atoms with Crippen LogP contribution in [-0.4, -0.2) is 55.2 Å². The molecule has 23 heavy (non-hydrogen) atoms. The van der Waals surface area contributed by atoms with Crippen molar-refractivity contribution in [3.8, 4) is 0 Å². The zero-order valence-electron chi connectivity index (χ0n) is 13.9. The van der Waals surface area contributed by atoms with Crippen LogP contribution in [0.5, 0.6) is 0 Å². The second-order valence-electron chi connectivity index (χ2n) is 6.12. The van der Waals surface area contributed by atoms with Crippen LogP contribution in [0.3, 0.4) is 0 Å². The van der Waals surface area contributed by atoms with Crippen LogP contribution in [-0.2, 0) is 6.42 Å². The molecule has 1 atom stereocenters. The van der Waals surface area contributed by atoms with Crippen molar-refractivity contribution in [2.45, 2.75) is 38.1 Å². The van der Waals surface area contributed by atoms with Gasteiger partial charge in [-0.1, -0.05) is 0 Å². The Hall–Kier alpha value is -0.950. The molecular formula is C16H27N5S2. The maximum atomic E-state index is 4.77. The number of hydrogen-bond acceptors (Lipinski definition) is 5. The van der Waals surface area contributed by atoms with E-state index in [1.807, 2.05) is 18.8 Å². The number of nitrogens with one attached hydrogen (secondary N) is 2. The lowest BCUT2D eigenvalue weighted by atomic mass is 10.2. The first-order chi connectivity index (χ1) is 11.3. The summed E-state index contributed by atoms with van der Waals surface area (Å²) in [6.45, 7) is 3.21. The molecular weight excluding hydrogens is 326 g/mol. The van der Waals surface area contributed by atoms with Gasteiger partial charge in [0.05, 0.1) is 5.69 Å². The largest absolute Gasteiger partial charge is 0.356 e. The van der Waals surface area contributed by atoms with Gasteiger partial charge in [-0.05, 0) is 31.4 Å². The van der Waals surface area contributed by atoms with Crippen LogP contribution >= 0.6 is 23.1 Å². The Morgan fingerprint density at radius 1 is 1.39 bits per heavy atom. The zero-order chi connectivity index (χ0) is 15.9. The smallest absolute Gasteiger partial charge is 0.191 e. The Kier molecular flexibility index (Phi) is 6.45. The monoisotopic (exact) mass is 353 g/mol. The minimum absolute atomic E-state index is 0.556. The minimum atomic E-state index is 0.556. The number of aromatic nitrogens is 1. The highest BCUT2D eigenvalue weighted by Crippen LogP contribution is 2.24. The molecule has 0 spiro atoms. The number of hydrogen-bond donors (Lipinski definition) is 2. The van der Waals surface area contributed by atoms with Crippen LogP contribution in [0.15, 0.2) is 10.4 Å². The van der Waals surface area contributed by atoms with Gasteiger partial charge in [-0.15, -0.1) is 11.3 Å². The fourth-order valence-electron chi connectivity index (χ4n) is 3.02. The van der Waals surface area contributed by atoms with E-state index in [-0.39, 0.29) is 0 Å². The molecule has 3 heterocycles. The van der Waals surface area contributed by atoms with E-state index >= 15 is 0 Å². The van der Waals surface area contributed by atoms with Crippen LogP contribution in [0.2, 0.25) is 0 Å². The first kappa shape index (κ1) is 16.9. The van der Waals surface area contributed by atoms with E-state index in [4.69, 9.17) is 4.98 Å². The third-order valence-electron chi connectivity index (χ3n) is 4.31. The first-order valence-electron chi connectivity index (χ1n) is 8.59. The van der Waals surface area contributed by atoms with Gasteiger partial charge in [0.1, 0.15) is 0 Å². The lowest BCUT2D eigenvalue weighted by Gasteiger charge is -2.24. The standard InChI is InChI=1S/C16H27N5S2/c1-17-15(19-13-5-4-10-22-11-13)18-7-6-14-12-23-16(20-14)21-8-2-3-9-21/h12-13H,2-11H2,1H3,(H2,17,18,19). The number of aliphatic imine (C=N–C) groups is 1. The van der Waals surface area contributed by atoms with Gasteiger partial charge < -0.3 is 15.5 Å². The van der Waals surface area contributed by atoms with Crippen molar-refractivity contribution in [2.75, 3.05) is 43.1 Å². The molecule has 3 rings (SSSR count). The molecule has 5 nitrogen and oxygen atoms in total. The molecule has 7 heteroatoms. The summed E-state index contributed by atoms with van der Waals surface area (Å²) in [5.74, 6) is 3.41. The molecule has 0 aliphatic carbocycles. The van der Waals surface area contributed by atoms with Gasteiger partial charge >= 0.3 is 0 Å². The van der Waals surface area contributed by atoms with Gasteiger partial charge in [-0.3, -0.25) is 4.99 Å². The third kappa shape index (κ3) is 5.01. The summed E-state index contributed by atoms with van der Waals surface area (Å²) in [7, 11) is 1.85. The van der Waals surface area contributed by atoms with Crippen molar-refractivity contribution in [1.29, 1.82) is 0 Å². The fourth-order valence-corrected chi connectivity index (χ4v) is 5.00. The molecule has 2 aliphatic rings. The molecule has 0 saturated carbocycles. The quantitative estimate of drug-likeness (QED) is 0.629. The Labute approximate surface area is 147 Å². The molecule has 2 saturated heterocycles. The lowest BCUT2D eigenvalue weighted by molar-refractivity contribution is 0.582. The molecule has 128 valence electrons. The lowest BCUT2D eigenvalue weighted by Crippen LogP contribution is -2.46. The van der Waals surface area contributed by atoms with Gasteiger partial charge in [0.15, 0.2) is 11.1 Å². The molecule has 1 aromatic heterocycles. The topological polar surface area (TPSA) is 52.6 Å². The Bertz CT molecular complexity index is 504. The molecule has 0 radical (unpaired) electrons. The summed E-state index contributed by atoms with van der Waals surface area (Å²) in [5.41, 5.74) is 1.19. The van der Waals surface area contributed by atoms with Gasteiger partial charge in [-0.25, -0.2) is 4.98 Å². The number of guanidine groups is 1. The van der Waals surface area contributed by atoms with Crippen LogP contribution < -0.4 is 15.5 Å². The molecule has 1 aromatic rings. The molecule has 0 amide bonds.